The molecule has 0 saturated carbocycles. The molecule has 0 aromatic heterocycles. The van der Waals surface area contributed by atoms with Crippen molar-refractivity contribution in [2.24, 2.45) is 0 Å². The van der Waals surface area contributed by atoms with Gasteiger partial charge in [-0.05, 0) is 30.3 Å². The number of nitrogens with one attached hydrogen (secondary N) is 1. The molecule has 0 aliphatic heterocycles. The van der Waals surface area contributed by atoms with E-state index in [1.54, 1.807) is 30.3 Å². The third-order valence-corrected chi connectivity index (χ3v) is 2.73. The number of carboxylic acids is 1. The average molecular weight is 276 g/mol. The summed E-state index contributed by atoms with van der Waals surface area (Å²) in [6, 6.07) is 12.7. The van der Waals surface area contributed by atoms with Crippen molar-refractivity contribution in [3.05, 3.63) is 64.7 Å². The van der Waals surface area contributed by atoms with Crippen molar-refractivity contribution in [2.45, 2.75) is 0 Å². The van der Waals surface area contributed by atoms with Crippen LogP contribution in [0.4, 0.5) is 5.69 Å². The fraction of sp³-hybridized carbons (Fsp3) is 0. The van der Waals surface area contributed by atoms with Crippen molar-refractivity contribution < 1.29 is 14.7 Å². The molecule has 4 nitrogen and oxygen atoms in total. The zero-order valence-corrected chi connectivity index (χ0v) is 10.5. The lowest BCUT2D eigenvalue weighted by molar-refractivity contribution is 0.0698. The van der Waals surface area contributed by atoms with E-state index in [0.29, 0.717) is 10.6 Å². The van der Waals surface area contributed by atoms with Crippen LogP contribution >= 0.6 is 11.6 Å². The van der Waals surface area contributed by atoms with Crippen LogP contribution in [0.15, 0.2) is 48.5 Å². The van der Waals surface area contributed by atoms with Gasteiger partial charge in [0.25, 0.3) is 5.91 Å². The molecule has 0 aliphatic rings. The Morgan fingerprint density at radius 3 is 2.37 bits per heavy atom. The Balaban J connectivity index is 2.31. The third kappa shape index (κ3) is 3.11. The SMILES string of the molecule is O=C(Nc1cc(Cl)ccc1C(=O)O)c1ccccc1. The Morgan fingerprint density at radius 2 is 1.74 bits per heavy atom. The number of rotatable bonds is 3. The number of anilines is 1. The first-order valence-corrected chi connectivity index (χ1v) is 5.85. The Bertz CT molecular complexity index is 626. The van der Waals surface area contributed by atoms with Gasteiger partial charge in [0.05, 0.1) is 11.3 Å². The van der Waals surface area contributed by atoms with Crippen molar-refractivity contribution in [1.29, 1.82) is 0 Å². The largest absolute Gasteiger partial charge is 0.478 e. The molecule has 2 rings (SSSR count). The summed E-state index contributed by atoms with van der Waals surface area (Å²) in [7, 11) is 0. The van der Waals surface area contributed by atoms with E-state index in [1.165, 1.54) is 18.2 Å². The van der Waals surface area contributed by atoms with Gasteiger partial charge in [0.1, 0.15) is 0 Å². The molecule has 0 radical (unpaired) electrons. The van der Waals surface area contributed by atoms with Gasteiger partial charge in [0.15, 0.2) is 0 Å². The van der Waals surface area contributed by atoms with Crippen LogP contribution in [0.1, 0.15) is 20.7 Å². The Labute approximate surface area is 114 Å². The predicted octanol–water partition coefficient (Wildman–Crippen LogP) is 3.29. The molecule has 5 heteroatoms. The Kier molecular flexibility index (Phi) is 3.82. The van der Waals surface area contributed by atoms with Crippen LogP contribution in [0.25, 0.3) is 0 Å². The number of carbonyl (C=O) groups excluding carboxylic acids is 1. The summed E-state index contributed by atoms with van der Waals surface area (Å²) < 4.78 is 0. The summed E-state index contributed by atoms with van der Waals surface area (Å²) in [6.07, 6.45) is 0. The molecular weight excluding hydrogens is 266 g/mol. The van der Waals surface area contributed by atoms with Crippen molar-refractivity contribution in [3.8, 4) is 0 Å². The van der Waals surface area contributed by atoms with Crippen molar-refractivity contribution in [3.63, 3.8) is 0 Å². The molecule has 2 aromatic carbocycles. The summed E-state index contributed by atoms with van der Waals surface area (Å²) in [6.45, 7) is 0. The quantitative estimate of drug-likeness (QED) is 0.903. The van der Waals surface area contributed by atoms with Crippen molar-refractivity contribution in [1.82, 2.24) is 0 Å². The van der Waals surface area contributed by atoms with Gasteiger partial charge in [-0.3, -0.25) is 4.79 Å². The van der Waals surface area contributed by atoms with Gasteiger partial charge in [0.2, 0.25) is 0 Å². The molecule has 0 heterocycles. The zero-order chi connectivity index (χ0) is 13.8. The minimum absolute atomic E-state index is 0.00585. The van der Waals surface area contributed by atoms with Crippen LogP contribution in [-0.4, -0.2) is 17.0 Å². The van der Waals surface area contributed by atoms with Gasteiger partial charge in [-0.1, -0.05) is 29.8 Å². The van der Waals surface area contributed by atoms with E-state index in [2.05, 4.69) is 5.32 Å². The third-order valence-electron chi connectivity index (χ3n) is 2.50. The van der Waals surface area contributed by atoms with E-state index >= 15 is 0 Å². The number of carboxylic acid groups (broad SMARTS) is 1. The van der Waals surface area contributed by atoms with Crippen LogP contribution in [-0.2, 0) is 0 Å². The lowest BCUT2D eigenvalue weighted by Crippen LogP contribution is -2.14. The molecule has 96 valence electrons. The molecule has 2 aromatic rings. The van der Waals surface area contributed by atoms with Crippen LogP contribution < -0.4 is 5.32 Å². The first kappa shape index (κ1) is 13.1. The molecule has 0 atom stereocenters. The second kappa shape index (κ2) is 5.54. The van der Waals surface area contributed by atoms with Crippen LogP contribution in [0.3, 0.4) is 0 Å². The topological polar surface area (TPSA) is 66.4 Å². The summed E-state index contributed by atoms with van der Waals surface area (Å²) in [4.78, 5) is 23.0. The number of amides is 1. The molecule has 0 unspecified atom stereocenters. The van der Waals surface area contributed by atoms with Crippen molar-refractivity contribution >= 4 is 29.2 Å². The standard InChI is InChI=1S/C14H10ClNO3/c15-10-6-7-11(14(18)19)12(8-10)16-13(17)9-4-2-1-3-5-9/h1-8H,(H,16,17)(H,18,19). The molecule has 0 fully saturated rings. The number of hydrogen-bond donors (Lipinski definition) is 2. The summed E-state index contributed by atoms with van der Waals surface area (Å²) in [5, 5.41) is 11.9. The molecular formula is C14H10ClNO3. The molecule has 0 bridgehead atoms. The minimum atomic E-state index is -1.12. The lowest BCUT2D eigenvalue weighted by Gasteiger charge is -2.08. The fourth-order valence-electron chi connectivity index (χ4n) is 1.59. The highest BCUT2D eigenvalue weighted by Crippen LogP contribution is 2.21. The molecule has 0 spiro atoms. The lowest BCUT2D eigenvalue weighted by atomic mass is 10.1. The number of carbonyl (C=O) groups is 2. The van der Waals surface area contributed by atoms with E-state index in [1.807, 2.05) is 0 Å². The predicted molar refractivity (Wildman–Crippen MR) is 72.8 cm³/mol. The van der Waals surface area contributed by atoms with Gasteiger partial charge in [-0.25, -0.2) is 4.79 Å². The van der Waals surface area contributed by atoms with Gasteiger partial charge in [-0.15, -0.1) is 0 Å². The first-order chi connectivity index (χ1) is 9.08. The second-order valence-corrected chi connectivity index (χ2v) is 4.25. The molecule has 1 amide bonds. The highest BCUT2D eigenvalue weighted by Gasteiger charge is 2.13. The van der Waals surface area contributed by atoms with E-state index < -0.39 is 5.97 Å². The molecule has 0 saturated heterocycles. The second-order valence-electron chi connectivity index (χ2n) is 3.82. The maximum absolute atomic E-state index is 12.0. The fourth-order valence-corrected chi connectivity index (χ4v) is 1.76. The summed E-state index contributed by atoms with van der Waals surface area (Å²) in [5.41, 5.74) is 0.612. The summed E-state index contributed by atoms with van der Waals surface area (Å²) >= 11 is 5.81. The molecule has 19 heavy (non-hydrogen) atoms. The molecule has 2 N–H and O–H groups in total. The number of benzene rings is 2. The minimum Gasteiger partial charge on any atom is -0.478 e. The number of aromatic carboxylic acids is 1. The Morgan fingerprint density at radius 1 is 1.05 bits per heavy atom. The van der Waals surface area contributed by atoms with Crippen molar-refractivity contribution in [2.75, 3.05) is 5.32 Å². The van der Waals surface area contributed by atoms with Crippen LogP contribution in [0, 0.1) is 0 Å². The number of hydrogen-bond acceptors (Lipinski definition) is 2. The van der Waals surface area contributed by atoms with Gasteiger partial charge >= 0.3 is 5.97 Å². The van der Waals surface area contributed by atoms with E-state index in [4.69, 9.17) is 16.7 Å². The first-order valence-electron chi connectivity index (χ1n) is 5.47. The van der Waals surface area contributed by atoms with Gasteiger partial charge in [-0.2, -0.15) is 0 Å². The van der Waals surface area contributed by atoms with Crippen LogP contribution in [0.5, 0.6) is 0 Å². The van der Waals surface area contributed by atoms with E-state index in [0.717, 1.165) is 0 Å². The summed E-state index contributed by atoms with van der Waals surface area (Å²) in [5.74, 6) is -1.51. The molecule has 0 aliphatic carbocycles. The van der Waals surface area contributed by atoms with Gasteiger partial charge < -0.3 is 10.4 Å². The Hall–Kier alpha value is -2.33. The highest BCUT2D eigenvalue weighted by atomic mass is 35.5. The van der Waals surface area contributed by atoms with E-state index in [9.17, 15) is 9.59 Å². The smallest absolute Gasteiger partial charge is 0.337 e. The monoisotopic (exact) mass is 275 g/mol. The zero-order valence-electron chi connectivity index (χ0n) is 9.76. The van der Waals surface area contributed by atoms with Crippen LogP contribution in [0.2, 0.25) is 5.02 Å². The highest BCUT2D eigenvalue weighted by molar-refractivity contribution is 6.31. The maximum Gasteiger partial charge on any atom is 0.337 e. The number of halogens is 1. The van der Waals surface area contributed by atoms with Gasteiger partial charge in [0, 0.05) is 10.6 Å². The maximum atomic E-state index is 12.0. The average Bonchev–Trinajstić information content (AvgIpc) is 2.39. The normalized spacial score (nSPS) is 9.95. The van der Waals surface area contributed by atoms with E-state index in [-0.39, 0.29) is 17.2 Å².